The number of rotatable bonds is 4. The Morgan fingerprint density at radius 3 is 2.46 bits per heavy atom. The van der Waals surface area contributed by atoms with Gasteiger partial charge in [-0.3, -0.25) is 4.90 Å². The number of thiazole rings is 1. The van der Waals surface area contributed by atoms with Crippen molar-refractivity contribution in [2.45, 2.75) is 26.4 Å². The van der Waals surface area contributed by atoms with E-state index in [1.54, 1.807) is 20.3 Å². The lowest BCUT2D eigenvalue weighted by atomic mass is 10.1. The van der Waals surface area contributed by atoms with Crippen LogP contribution in [0.1, 0.15) is 20.8 Å². The monoisotopic (exact) mass is 397 g/mol. The Labute approximate surface area is 168 Å². The molecule has 0 saturated carbocycles. The summed E-state index contributed by atoms with van der Waals surface area (Å²) in [5.41, 5.74) is 1.98. The van der Waals surface area contributed by atoms with Gasteiger partial charge in [-0.15, -0.1) is 0 Å². The highest BCUT2D eigenvalue weighted by atomic mass is 32.1. The van der Waals surface area contributed by atoms with E-state index in [1.807, 2.05) is 57.2 Å². The average molecular weight is 398 g/mol. The van der Waals surface area contributed by atoms with Gasteiger partial charge in [0.05, 0.1) is 16.3 Å². The third kappa shape index (κ3) is 4.64. The molecule has 1 amide bonds. The van der Waals surface area contributed by atoms with Crippen LogP contribution in [0.4, 0.5) is 15.9 Å². The van der Waals surface area contributed by atoms with Gasteiger partial charge >= 0.3 is 6.09 Å². The molecule has 0 aliphatic carbocycles. The molecule has 0 bridgehead atoms. The molecule has 0 atom stereocenters. The molecule has 0 aliphatic heterocycles. The Morgan fingerprint density at radius 1 is 1.14 bits per heavy atom. The summed E-state index contributed by atoms with van der Waals surface area (Å²) in [4.78, 5) is 28.0. The number of hydrogen-bond donors (Lipinski definition) is 1. The minimum absolute atomic E-state index is 0.447. The summed E-state index contributed by atoms with van der Waals surface area (Å²) >= 11 is 1.37. The van der Waals surface area contributed by atoms with Gasteiger partial charge in [-0.25, -0.2) is 19.7 Å². The first-order valence-corrected chi connectivity index (χ1v) is 9.63. The molecule has 0 unspecified atom stereocenters. The van der Waals surface area contributed by atoms with Crippen molar-refractivity contribution in [1.82, 2.24) is 15.0 Å². The molecule has 2 heterocycles. The number of benzene rings is 1. The average Bonchev–Trinajstić information content (AvgIpc) is 3.16. The smallest absolute Gasteiger partial charge is 0.416 e. The predicted molar refractivity (Wildman–Crippen MR) is 113 cm³/mol. The zero-order valence-corrected chi connectivity index (χ0v) is 17.4. The van der Waals surface area contributed by atoms with Crippen LogP contribution in [0, 0.1) is 0 Å². The van der Waals surface area contributed by atoms with E-state index < -0.39 is 11.7 Å². The van der Waals surface area contributed by atoms with E-state index in [-0.39, 0.29) is 0 Å². The van der Waals surface area contributed by atoms with Crippen molar-refractivity contribution in [1.29, 1.82) is 0 Å². The van der Waals surface area contributed by atoms with Crippen LogP contribution in [0.2, 0.25) is 0 Å². The molecule has 1 aromatic carbocycles. The third-order valence-electron chi connectivity index (χ3n) is 3.72. The lowest BCUT2D eigenvalue weighted by Gasteiger charge is -2.23. The van der Waals surface area contributed by atoms with Gasteiger partial charge in [0, 0.05) is 25.9 Å². The molecule has 2 aromatic heterocycles. The zero-order valence-electron chi connectivity index (χ0n) is 16.6. The number of hydrogen-bond acceptors (Lipinski definition) is 7. The highest BCUT2D eigenvalue weighted by Crippen LogP contribution is 2.32. The first-order chi connectivity index (χ1) is 13.3. The van der Waals surface area contributed by atoms with E-state index >= 15 is 0 Å². The zero-order chi connectivity index (χ0) is 20.3. The number of anilines is 2. The number of amides is 1. The molecule has 8 heteroatoms. The van der Waals surface area contributed by atoms with Gasteiger partial charge in [-0.05, 0) is 26.8 Å². The van der Waals surface area contributed by atoms with E-state index in [2.05, 4.69) is 20.3 Å². The lowest BCUT2D eigenvalue weighted by Crippen LogP contribution is -2.34. The van der Waals surface area contributed by atoms with Crippen LogP contribution in [0.15, 0.2) is 42.6 Å². The van der Waals surface area contributed by atoms with Crippen LogP contribution in [0.5, 0.6) is 0 Å². The van der Waals surface area contributed by atoms with Gasteiger partial charge in [0.25, 0.3) is 0 Å². The van der Waals surface area contributed by atoms with Crippen molar-refractivity contribution in [3.63, 3.8) is 0 Å². The molecular formula is C20H23N5O2S. The fourth-order valence-corrected chi connectivity index (χ4v) is 3.22. The second-order valence-electron chi connectivity index (χ2n) is 7.12. The number of carbonyl (C=O) groups is 1. The van der Waals surface area contributed by atoms with Crippen LogP contribution in [0.25, 0.3) is 21.8 Å². The third-order valence-corrected chi connectivity index (χ3v) is 4.82. The molecule has 146 valence electrons. The summed E-state index contributed by atoms with van der Waals surface area (Å²) in [6.07, 6.45) is 1.26. The van der Waals surface area contributed by atoms with Crippen LogP contribution < -0.4 is 10.2 Å². The van der Waals surface area contributed by atoms with Crippen molar-refractivity contribution in [3.05, 3.63) is 42.6 Å². The molecule has 0 aliphatic rings. The summed E-state index contributed by atoms with van der Waals surface area (Å²) in [5, 5.41) is 3.54. The fraction of sp³-hybridized carbons (Fsp3) is 0.300. The van der Waals surface area contributed by atoms with Gasteiger partial charge < -0.3 is 10.1 Å². The minimum atomic E-state index is -0.565. The van der Waals surface area contributed by atoms with Gasteiger partial charge in [0.15, 0.2) is 5.13 Å². The molecule has 0 saturated heterocycles. The fourth-order valence-electron chi connectivity index (χ4n) is 2.39. The summed E-state index contributed by atoms with van der Waals surface area (Å²) in [6, 6.07) is 11.8. The molecule has 3 aromatic rings. The van der Waals surface area contributed by atoms with Crippen LogP contribution in [-0.4, -0.2) is 40.7 Å². The van der Waals surface area contributed by atoms with Crippen molar-refractivity contribution in [2.24, 2.45) is 0 Å². The highest BCUT2D eigenvalue weighted by Gasteiger charge is 2.23. The van der Waals surface area contributed by atoms with E-state index in [9.17, 15) is 4.79 Å². The van der Waals surface area contributed by atoms with Crippen molar-refractivity contribution < 1.29 is 9.53 Å². The second kappa shape index (κ2) is 7.93. The van der Waals surface area contributed by atoms with Gasteiger partial charge in [-0.1, -0.05) is 41.7 Å². The number of carbonyl (C=O) groups excluding carboxylic acids is 1. The van der Waals surface area contributed by atoms with Crippen molar-refractivity contribution in [3.8, 4) is 21.8 Å². The van der Waals surface area contributed by atoms with Gasteiger partial charge in [-0.2, -0.15) is 0 Å². The Morgan fingerprint density at radius 2 is 1.82 bits per heavy atom. The number of nitrogens with zero attached hydrogens (tertiary/aromatic N) is 4. The van der Waals surface area contributed by atoms with Crippen molar-refractivity contribution >= 4 is 28.5 Å². The topological polar surface area (TPSA) is 80.2 Å². The summed E-state index contributed by atoms with van der Waals surface area (Å²) in [6.45, 7) is 5.49. The largest absolute Gasteiger partial charge is 0.443 e. The molecule has 7 nitrogen and oxygen atoms in total. The number of nitrogens with one attached hydrogen (secondary N) is 1. The van der Waals surface area contributed by atoms with E-state index in [4.69, 9.17) is 4.74 Å². The maximum atomic E-state index is 12.3. The highest BCUT2D eigenvalue weighted by molar-refractivity contribution is 7.19. The summed E-state index contributed by atoms with van der Waals surface area (Å²) in [7, 11) is 3.42. The standard InChI is InChI=1S/C20H23N5O2S/c1-20(2,3)27-19(26)25(5)18-22-12-16(28-18)15-11-14(23-17(21-4)24-15)13-9-7-6-8-10-13/h6-12H,1-5H3,(H,21,23,24). The number of aromatic nitrogens is 3. The summed E-state index contributed by atoms with van der Waals surface area (Å²) < 4.78 is 5.40. The van der Waals surface area contributed by atoms with Gasteiger partial charge in [0.1, 0.15) is 5.60 Å². The summed E-state index contributed by atoms with van der Waals surface area (Å²) in [5.74, 6) is 0.520. The molecular weight excluding hydrogens is 374 g/mol. The lowest BCUT2D eigenvalue weighted by molar-refractivity contribution is 0.0589. The Balaban J connectivity index is 1.91. The molecule has 0 radical (unpaired) electrons. The molecule has 3 rings (SSSR count). The quantitative estimate of drug-likeness (QED) is 0.688. The maximum Gasteiger partial charge on any atom is 0.416 e. The predicted octanol–water partition coefficient (Wildman–Crippen LogP) is 4.68. The first kappa shape index (κ1) is 19.8. The van der Waals surface area contributed by atoms with Crippen LogP contribution >= 0.6 is 11.3 Å². The number of ether oxygens (including phenoxy) is 1. The van der Waals surface area contributed by atoms with Crippen LogP contribution in [-0.2, 0) is 4.74 Å². The van der Waals surface area contributed by atoms with Crippen LogP contribution in [0.3, 0.4) is 0 Å². The normalized spacial score (nSPS) is 11.2. The van der Waals surface area contributed by atoms with E-state index in [0.717, 1.165) is 21.8 Å². The Bertz CT molecular complexity index is 966. The van der Waals surface area contributed by atoms with Gasteiger partial charge in [0.2, 0.25) is 5.95 Å². The van der Waals surface area contributed by atoms with E-state index in [0.29, 0.717) is 11.1 Å². The first-order valence-electron chi connectivity index (χ1n) is 8.82. The molecule has 0 spiro atoms. The SMILES string of the molecule is CNc1nc(-c2ccccc2)cc(-c2cnc(N(C)C(=O)OC(C)(C)C)s2)n1. The molecule has 0 fully saturated rings. The molecule has 28 heavy (non-hydrogen) atoms. The Hall–Kier alpha value is -3.00. The van der Waals surface area contributed by atoms with Crippen molar-refractivity contribution in [2.75, 3.05) is 24.3 Å². The second-order valence-corrected chi connectivity index (χ2v) is 8.13. The molecule has 1 N–H and O–H groups in total. The van der Waals surface area contributed by atoms with E-state index in [1.165, 1.54) is 16.2 Å². The minimum Gasteiger partial charge on any atom is -0.443 e. The Kier molecular flexibility index (Phi) is 5.60. The maximum absolute atomic E-state index is 12.3.